The molecule has 4 aromatic rings. The van der Waals surface area contributed by atoms with E-state index in [1.165, 1.54) is 17.5 Å². The van der Waals surface area contributed by atoms with Gasteiger partial charge in [-0.1, -0.05) is 72.8 Å². The highest BCUT2D eigenvalue weighted by Crippen LogP contribution is 2.24. The van der Waals surface area contributed by atoms with Crippen molar-refractivity contribution < 1.29 is 4.79 Å². The monoisotopic (exact) mass is 425 g/mol. The Bertz CT molecular complexity index is 1070. The van der Waals surface area contributed by atoms with Crippen molar-refractivity contribution in [2.75, 3.05) is 13.6 Å². The lowest BCUT2D eigenvalue weighted by atomic mass is 9.91. The number of urea groups is 1. The first-order chi connectivity index (χ1) is 15.6. The van der Waals surface area contributed by atoms with Crippen LogP contribution in [0.2, 0.25) is 0 Å². The van der Waals surface area contributed by atoms with Gasteiger partial charge >= 0.3 is 6.03 Å². The number of carbonyl (C=O) groups excluding carboxylic acids is 1. The van der Waals surface area contributed by atoms with Crippen LogP contribution in [-0.2, 0) is 0 Å². The van der Waals surface area contributed by atoms with E-state index >= 15 is 0 Å². The van der Waals surface area contributed by atoms with E-state index in [9.17, 15) is 4.79 Å². The Balaban J connectivity index is 1.43. The van der Waals surface area contributed by atoms with Crippen LogP contribution in [0.3, 0.4) is 0 Å². The first-order valence-electron chi connectivity index (χ1n) is 10.7. The lowest BCUT2D eigenvalue weighted by Gasteiger charge is -2.27. The van der Waals surface area contributed by atoms with Crippen LogP contribution in [0.15, 0.2) is 97.6 Å². The van der Waals surface area contributed by atoms with Gasteiger partial charge in [0.05, 0.1) is 11.7 Å². The first-order valence-corrected chi connectivity index (χ1v) is 10.7. The van der Waals surface area contributed by atoms with Crippen molar-refractivity contribution in [3.8, 4) is 5.69 Å². The van der Waals surface area contributed by atoms with Gasteiger partial charge in [0.25, 0.3) is 0 Å². The fraction of sp³-hybridized carbons (Fsp3) is 0.192. The van der Waals surface area contributed by atoms with Crippen molar-refractivity contribution in [2.24, 2.45) is 0 Å². The number of carbonyl (C=O) groups is 1. The van der Waals surface area contributed by atoms with Gasteiger partial charge in [0.1, 0.15) is 12.7 Å². The van der Waals surface area contributed by atoms with Crippen LogP contribution in [0.5, 0.6) is 0 Å². The molecule has 1 heterocycles. The minimum atomic E-state index is -0.102. The molecule has 0 unspecified atom stereocenters. The molecule has 6 heteroatoms. The predicted molar refractivity (Wildman–Crippen MR) is 126 cm³/mol. The number of hydrogen-bond donors (Lipinski definition) is 1. The Morgan fingerprint density at radius 1 is 0.906 bits per heavy atom. The van der Waals surface area contributed by atoms with E-state index in [1.54, 1.807) is 15.9 Å². The van der Waals surface area contributed by atoms with Gasteiger partial charge in [-0.2, -0.15) is 5.10 Å². The molecule has 162 valence electrons. The Hall–Kier alpha value is -3.93. The fourth-order valence-corrected chi connectivity index (χ4v) is 3.76. The van der Waals surface area contributed by atoms with Crippen molar-refractivity contribution in [3.63, 3.8) is 0 Å². The molecule has 0 radical (unpaired) electrons. The zero-order valence-electron chi connectivity index (χ0n) is 18.3. The van der Waals surface area contributed by atoms with E-state index in [-0.39, 0.29) is 18.0 Å². The van der Waals surface area contributed by atoms with Crippen molar-refractivity contribution in [1.29, 1.82) is 0 Å². The molecule has 2 amide bonds. The maximum atomic E-state index is 13.0. The smallest absolute Gasteiger partial charge is 0.317 e. The first kappa shape index (κ1) is 21.3. The molecule has 0 spiro atoms. The van der Waals surface area contributed by atoms with Gasteiger partial charge in [0, 0.05) is 19.5 Å². The highest BCUT2D eigenvalue weighted by atomic mass is 16.2. The molecular formula is C26H27N5O. The number of benzene rings is 3. The average molecular weight is 426 g/mol. The molecule has 32 heavy (non-hydrogen) atoms. The Kier molecular flexibility index (Phi) is 6.60. The van der Waals surface area contributed by atoms with E-state index in [2.05, 4.69) is 39.7 Å². The molecular weight excluding hydrogens is 398 g/mol. The Morgan fingerprint density at radius 2 is 1.50 bits per heavy atom. The van der Waals surface area contributed by atoms with Crippen LogP contribution in [0, 0.1) is 0 Å². The third-order valence-electron chi connectivity index (χ3n) is 5.82. The molecule has 1 aromatic heterocycles. The highest BCUT2D eigenvalue weighted by molar-refractivity contribution is 5.74. The number of nitrogens with zero attached hydrogens (tertiary/aromatic N) is 4. The zero-order valence-corrected chi connectivity index (χ0v) is 18.3. The van der Waals surface area contributed by atoms with Crippen LogP contribution in [0.25, 0.3) is 5.69 Å². The summed E-state index contributed by atoms with van der Waals surface area (Å²) in [6.45, 7) is 2.55. The van der Waals surface area contributed by atoms with Gasteiger partial charge < -0.3 is 10.2 Å². The number of hydrogen-bond acceptors (Lipinski definition) is 3. The minimum Gasteiger partial charge on any atom is -0.337 e. The number of aromatic nitrogens is 3. The van der Waals surface area contributed by atoms with Gasteiger partial charge in [0.2, 0.25) is 0 Å². The number of amides is 2. The van der Waals surface area contributed by atoms with Crippen LogP contribution < -0.4 is 5.32 Å². The molecule has 0 saturated heterocycles. The second-order valence-electron chi connectivity index (χ2n) is 7.78. The standard InChI is InChI=1S/C26H27N5O/c1-20(21-13-15-24(16-14-21)31-19-27-18-29-31)30(2)26(32)28-17-25(22-9-5-3-6-10-22)23-11-7-4-8-12-23/h3-16,18-20,25H,17H2,1-2H3,(H,28,32)/t20-/m1/s1. The van der Waals surface area contributed by atoms with Crippen molar-refractivity contribution in [2.45, 2.75) is 18.9 Å². The zero-order chi connectivity index (χ0) is 22.3. The Labute approximate surface area is 188 Å². The van der Waals surface area contributed by atoms with E-state index in [0.717, 1.165) is 11.3 Å². The van der Waals surface area contributed by atoms with Gasteiger partial charge in [-0.3, -0.25) is 0 Å². The quantitative estimate of drug-likeness (QED) is 0.463. The molecule has 0 aliphatic heterocycles. The largest absolute Gasteiger partial charge is 0.337 e. The summed E-state index contributed by atoms with van der Waals surface area (Å²) in [5.74, 6) is 0.0898. The molecule has 0 bridgehead atoms. The third kappa shape index (κ3) is 4.86. The summed E-state index contributed by atoms with van der Waals surface area (Å²) in [6, 6.07) is 28.4. The Morgan fingerprint density at radius 3 is 2.03 bits per heavy atom. The number of rotatable bonds is 7. The molecule has 0 aliphatic carbocycles. The van der Waals surface area contributed by atoms with Gasteiger partial charge in [-0.15, -0.1) is 0 Å². The summed E-state index contributed by atoms with van der Waals surface area (Å²) >= 11 is 0. The second kappa shape index (κ2) is 9.92. The summed E-state index contributed by atoms with van der Waals surface area (Å²) in [6.07, 6.45) is 3.17. The van der Waals surface area contributed by atoms with E-state index in [4.69, 9.17) is 0 Å². The van der Waals surface area contributed by atoms with E-state index in [0.29, 0.717) is 6.54 Å². The minimum absolute atomic E-state index is 0.0771. The summed E-state index contributed by atoms with van der Waals surface area (Å²) in [4.78, 5) is 18.7. The molecule has 0 fully saturated rings. The lowest BCUT2D eigenvalue weighted by Crippen LogP contribution is -2.40. The summed E-state index contributed by atoms with van der Waals surface area (Å²) in [7, 11) is 1.82. The molecule has 4 rings (SSSR count). The van der Waals surface area contributed by atoms with Gasteiger partial charge in [0.15, 0.2) is 0 Å². The average Bonchev–Trinajstić information content (AvgIpc) is 3.40. The summed E-state index contributed by atoms with van der Waals surface area (Å²) in [5.41, 5.74) is 4.34. The normalized spacial score (nSPS) is 11.8. The lowest BCUT2D eigenvalue weighted by molar-refractivity contribution is 0.194. The van der Waals surface area contributed by atoms with Crippen LogP contribution in [0.4, 0.5) is 4.79 Å². The molecule has 0 saturated carbocycles. The highest BCUT2D eigenvalue weighted by Gasteiger charge is 2.20. The van der Waals surface area contributed by atoms with Crippen LogP contribution in [0.1, 0.15) is 35.6 Å². The maximum absolute atomic E-state index is 13.0. The van der Waals surface area contributed by atoms with Gasteiger partial charge in [-0.05, 0) is 35.7 Å². The second-order valence-corrected chi connectivity index (χ2v) is 7.78. The van der Waals surface area contributed by atoms with Crippen LogP contribution >= 0.6 is 0 Å². The van der Waals surface area contributed by atoms with E-state index in [1.807, 2.05) is 74.6 Å². The SMILES string of the molecule is C[C@H](c1ccc(-n2cncn2)cc1)N(C)C(=O)NCC(c1ccccc1)c1ccccc1. The molecule has 3 aromatic carbocycles. The van der Waals surface area contributed by atoms with Gasteiger partial charge in [-0.25, -0.2) is 14.5 Å². The molecule has 1 atom stereocenters. The predicted octanol–water partition coefficient (Wildman–Crippen LogP) is 4.80. The molecule has 1 N–H and O–H groups in total. The molecule has 0 aliphatic rings. The van der Waals surface area contributed by atoms with E-state index < -0.39 is 0 Å². The van der Waals surface area contributed by atoms with Crippen molar-refractivity contribution >= 4 is 6.03 Å². The van der Waals surface area contributed by atoms with Crippen molar-refractivity contribution in [1.82, 2.24) is 25.0 Å². The molecule has 6 nitrogen and oxygen atoms in total. The topological polar surface area (TPSA) is 63.1 Å². The maximum Gasteiger partial charge on any atom is 0.317 e. The summed E-state index contributed by atoms with van der Waals surface area (Å²) in [5, 5.41) is 7.27. The summed E-state index contributed by atoms with van der Waals surface area (Å²) < 4.78 is 1.71. The third-order valence-corrected chi connectivity index (χ3v) is 5.82. The fourth-order valence-electron chi connectivity index (χ4n) is 3.76. The number of nitrogens with one attached hydrogen (secondary N) is 1. The van der Waals surface area contributed by atoms with Crippen molar-refractivity contribution in [3.05, 3.63) is 114 Å². The van der Waals surface area contributed by atoms with Crippen LogP contribution in [-0.4, -0.2) is 39.3 Å².